The largest absolute Gasteiger partial charge is 0.321 e. The summed E-state index contributed by atoms with van der Waals surface area (Å²) in [7, 11) is 2.07. The first-order chi connectivity index (χ1) is 9.74. The van der Waals surface area contributed by atoms with Crippen molar-refractivity contribution in [1.29, 1.82) is 0 Å². The van der Waals surface area contributed by atoms with Gasteiger partial charge in [-0.3, -0.25) is 0 Å². The lowest BCUT2D eigenvalue weighted by atomic mass is 10.1. The molecule has 1 N–H and O–H groups in total. The van der Waals surface area contributed by atoms with Crippen LogP contribution in [0.25, 0.3) is 0 Å². The van der Waals surface area contributed by atoms with Gasteiger partial charge in [0.25, 0.3) is 0 Å². The van der Waals surface area contributed by atoms with E-state index in [9.17, 15) is 0 Å². The molecule has 20 heavy (non-hydrogen) atoms. The second kappa shape index (κ2) is 7.41. The van der Waals surface area contributed by atoms with Gasteiger partial charge in [-0.25, -0.2) is 4.98 Å². The fourth-order valence-electron chi connectivity index (χ4n) is 1.99. The van der Waals surface area contributed by atoms with Crippen LogP contribution in [-0.4, -0.2) is 18.6 Å². The van der Waals surface area contributed by atoms with E-state index in [-0.39, 0.29) is 0 Å². The predicted octanol–water partition coefficient (Wildman–Crippen LogP) is 3.97. The number of hydrogen-bond donors (Lipinski definition) is 1. The van der Waals surface area contributed by atoms with Crippen LogP contribution in [0.4, 0.5) is 10.8 Å². The lowest BCUT2D eigenvalue weighted by molar-refractivity contribution is 0.681. The molecule has 2 aromatic rings. The van der Waals surface area contributed by atoms with E-state index >= 15 is 0 Å². The molecule has 108 valence electrons. The molecule has 0 spiro atoms. The summed E-state index contributed by atoms with van der Waals surface area (Å²) in [4.78, 5) is 7.95. The molecule has 0 unspecified atom stereocenters. The molecule has 0 fully saturated rings. The first-order valence-corrected chi connectivity index (χ1v) is 8.04. The lowest BCUT2D eigenvalue weighted by Crippen LogP contribution is -2.12. The van der Waals surface area contributed by atoms with Gasteiger partial charge in [-0.2, -0.15) is 0 Å². The van der Waals surface area contributed by atoms with Crippen molar-refractivity contribution in [2.24, 2.45) is 0 Å². The Hall–Kier alpha value is -1.39. The molecule has 0 radical (unpaired) electrons. The zero-order chi connectivity index (χ0) is 14.4. The van der Waals surface area contributed by atoms with Gasteiger partial charge in [-0.1, -0.05) is 26.0 Å². The van der Waals surface area contributed by atoms with Gasteiger partial charge in [0.1, 0.15) is 0 Å². The Balaban J connectivity index is 2.02. The zero-order valence-electron chi connectivity index (χ0n) is 12.5. The maximum atomic E-state index is 4.52. The van der Waals surface area contributed by atoms with Crippen LogP contribution in [0.5, 0.6) is 0 Å². The first-order valence-electron chi connectivity index (χ1n) is 7.22. The molecule has 4 heteroatoms. The molecule has 0 aliphatic heterocycles. The molecular formula is C16H23N3S. The summed E-state index contributed by atoms with van der Waals surface area (Å²) >= 11 is 1.75. The van der Waals surface area contributed by atoms with Gasteiger partial charge >= 0.3 is 0 Å². The summed E-state index contributed by atoms with van der Waals surface area (Å²) in [5, 5.41) is 4.45. The van der Waals surface area contributed by atoms with Gasteiger partial charge in [-0.05, 0) is 37.1 Å². The van der Waals surface area contributed by atoms with Gasteiger partial charge in [0.2, 0.25) is 0 Å². The number of anilines is 2. The van der Waals surface area contributed by atoms with E-state index in [0.717, 1.165) is 31.1 Å². The van der Waals surface area contributed by atoms with Crippen LogP contribution in [-0.2, 0) is 13.0 Å². The van der Waals surface area contributed by atoms with Crippen LogP contribution in [0, 0.1) is 0 Å². The molecule has 1 heterocycles. The fourth-order valence-corrected chi connectivity index (χ4v) is 2.85. The summed E-state index contributed by atoms with van der Waals surface area (Å²) in [5.74, 6) is 0. The van der Waals surface area contributed by atoms with E-state index in [4.69, 9.17) is 0 Å². The van der Waals surface area contributed by atoms with Gasteiger partial charge in [-0.15, -0.1) is 11.3 Å². The van der Waals surface area contributed by atoms with Crippen LogP contribution >= 0.6 is 11.3 Å². The molecule has 3 nitrogen and oxygen atoms in total. The smallest absolute Gasteiger partial charge is 0.189 e. The average Bonchev–Trinajstić information content (AvgIpc) is 2.96. The topological polar surface area (TPSA) is 28.2 Å². The third-order valence-electron chi connectivity index (χ3n) is 3.29. The molecule has 0 saturated carbocycles. The first kappa shape index (κ1) is 15.0. The highest BCUT2D eigenvalue weighted by molar-refractivity contribution is 7.15. The summed E-state index contributed by atoms with van der Waals surface area (Å²) in [5.41, 5.74) is 2.55. The minimum Gasteiger partial charge on any atom is -0.321 e. The molecule has 0 atom stereocenters. The highest BCUT2D eigenvalue weighted by atomic mass is 32.1. The Bertz CT molecular complexity index is 519. The number of hydrogen-bond acceptors (Lipinski definition) is 4. The number of thiazole rings is 1. The Labute approximate surface area is 125 Å². The van der Waals surface area contributed by atoms with Crippen LogP contribution in [0.15, 0.2) is 30.5 Å². The van der Waals surface area contributed by atoms with Crippen LogP contribution in [0.1, 0.15) is 30.7 Å². The quantitative estimate of drug-likeness (QED) is 0.782. The minimum atomic E-state index is 0.911. The van der Waals surface area contributed by atoms with Gasteiger partial charge in [0, 0.05) is 30.4 Å². The normalized spacial score (nSPS) is 10.8. The molecule has 0 aliphatic carbocycles. The van der Waals surface area contributed by atoms with Crippen molar-refractivity contribution in [3.8, 4) is 0 Å². The molecule has 1 aromatic heterocycles. The second-order valence-electron chi connectivity index (χ2n) is 4.86. The molecule has 0 aliphatic rings. The Morgan fingerprint density at radius 2 is 1.95 bits per heavy atom. The molecule has 2 rings (SSSR count). The number of aryl methyl sites for hydroxylation is 1. The lowest BCUT2D eigenvalue weighted by Gasteiger charge is -2.16. The molecule has 0 bridgehead atoms. The highest BCUT2D eigenvalue weighted by Gasteiger charge is 2.08. The van der Waals surface area contributed by atoms with Crippen LogP contribution in [0.2, 0.25) is 0 Å². The minimum absolute atomic E-state index is 0.911. The van der Waals surface area contributed by atoms with E-state index in [2.05, 4.69) is 60.4 Å². The van der Waals surface area contributed by atoms with Crippen molar-refractivity contribution in [2.45, 2.75) is 33.2 Å². The van der Waals surface area contributed by atoms with Crippen LogP contribution in [0.3, 0.4) is 0 Å². The monoisotopic (exact) mass is 289 g/mol. The van der Waals surface area contributed by atoms with E-state index in [1.54, 1.807) is 11.3 Å². The molecule has 0 amide bonds. The van der Waals surface area contributed by atoms with Gasteiger partial charge < -0.3 is 10.2 Å². The van der Waals surface area contributed by atoms with E-state index < -0.39 is 0 Å². The highest BCUT2D eigenvalue weighted by Crippen LogP contribution is 2.28. The average molecular weight is 289 g/mol. The Kier molecular flexibility index (Phi) is 5.56. The third kappa shape index (κ3) is 3.81. The van der Waals surface area contributed by atoms with Crippen molar-refractivity contribution in [3.05, 3.63) is 40.9 Å². The van der Waals surface area contributed by atoms with Crippen LogP contribution < -0.4 is 10.2 Å². The van der Waals surface area contributed by atoms with Crippen molar-refractivity contribution >= 4 is 22.2 Å². The second-order valence-corrected chi connectivity index (χ2v) is 5.96. The van der Waals surface area contributed by atoms with Crippen molar-refractivity contribution in [3.63, 3.8) is 0 Å². The molecule has 0 saturated heterocycles. The summed E-state index contributed by atoms with van der Waals surface area (Å²) in [6.45, 7) is 6.32. The predicted molar refractivity (Wildman–Crippen MR) is 88.0 cm³/mol. The molecular weight excluding hydrogens is 266 g/mol. The molecule has 1 aromatic carbocycles. The van der Waals surface area contributed by atoms with E-state index in [1.807, 2.05) is 6.20 Å². The Morgan fingerprint density at radius 3 is 2.60 bits per heavy atom. The van der Waals surface area contributed by atoms with Crippen molar-refractivity contribution < 1.29 is 0 Å². The third-order valence-corrected chi connectivity index (χ3v) is 4.36. The zero-order valence-corrected chi connectivity index (χ0v) is 13.3. The maximum Gasteiger partial charge on any atom is 0.189 e. The summed E-state index contributed by atoms with van der Waals surface area (Å²) < 4.78 is 0. The maximum absolute atomic E-state index is 4.52. The number of nitrogens with zero attached hydrogens (tertiary/aromatic N) is 2. The number of nitrogens with one attached hydrogen (secondary N) is 1. The summed E-state index contributed by atoms with van der Waals surface area (Å²) in [6.07, 6.45) is 4.21. The fraction of sp³-hybridized carbons (Fsp3) is 0.438. The summed E-state index contributed by atoms with van der Waals surface area (Å²) in [6, 6.07) is 8.69. The van der Waals surface area contributed by atoms with Crippen molar-refractivity contribution in [1.82, 2.24) is 10.3 Å². The van der Waals surface area contributed by atoms with Gasteiger partial charge in [0.05, 0.1) is 0 Å². The van der Waals surface area contributed by atoms with Crippen molar-refractivity contribution in [2.75, 3.05) is 18.5 Å². The van der Waals surface area contributed by atoms with E-state index in [0.29, 0.717) is 0 Å². The number of benzene rings is 1. The standard InChI is InChI=1S/C16H23N3S/c1-4-10-17-11-15-12-18-16(20-15)19(3)14-8-6-13(5-2)7-9-14/h6-9,12,17H,4-5,10-11H2,1-3H3. The number of aromatic nitrogens is 1. The number of rotatable bonds is 7. The Morgan fingerprint density at radius 1 is 1.20 bits per heavy atom. The van der Waals surface area contributed by atoms with E-state index in [1.165, 1.54) is 16.1 Å². The SMILES string of the molecule is CCCNCc1cnc(N(C)c2ccc(CC)cc2)s1. The van der Waals surface area contributed by atoms with Gasteiger partial charge in [0.15, 0.2) is 5.13 Å².